The number of hydrogen-bond acceptors (Lipinski definition) is 8. The molecule has 3 N–H and O–H groups in total. The van der Waals surface area contributed by atoms with Crippen molar-refractivity contribution in [1.82, 2.24) is 24.4 Å². The van der Waals surface area contributed by atoms with Crippen LogP contribution in [-0.4, -0.2) is 57.3 Å². The van der Waals surface area contributed by atoms with Gasteiger partial charge in [0.25, 0.3) is 6.01 Å². The summed E-state index contributed by atoms with van der Waals surface area (Å²) in [5.74, 6) is 0.477. The number of aryl methyl sites for hydroxylation is 3. The van der Waals surface area contributed by atoms with E-state index in [-0.39, 0.29) is 0 Å². The second kappa shape index (κ2) is 9.84. The Hall–Kier alpha value is -3.95. The molecule has 3 aromatic heterocycles. The zero-order chi connectivity index (χ0) is 25.4. The minimum absolute atomic E-state index is 0.477. The van der Waals surface area contributed by atoms with Crippen LogP contribution in [0.15, 0.2) is 53.3 Å². The van der Waals surface area contributed by atoms with E-state index in [1.165, 1.54) is 17.5 Å². The van der Waals surface area contributed by atoms with Crippen molar-refractivity contribution in [3.63, 3.8) is 0 Å². The van der Waals surface area contributed by atoms with Crippen LogP contribution >= 0.6 is 0 Å². The zero-order valence-corrected chi connectivity index (χ0v) is 21.2. The molecule has 0 aliphatic carbocycles. The molecule has 1 aliphatic heterocycles. The van der Waals surface area contributed by atoms with Crippen LogP contribution in [0.25, 0.3) is 33.3 Å². The summed E-state index contributed by atoms with van der Waals surface area (Å²) >= 11 is 0. The first-order valence-electron chi connectivity index (χ1n) is 12.7. The first-order valence-corrected chi connectivity index (χ1v) is 12.7. The molecular weight excluding hydrogens is 466 g/mol. The molecule has 4 heterocycles. The van der Waals surface area contributed by atoms with Crippen molar-refractivity contribution in [2.24, 2.45) is 7.05 Å². The second-order valence-corrected chi connectivity index (χ2v) is 9.66. The highest BCUT2D eigenvalue weighted by Gasteiger charge is 2.15. The Morgan fingerprint density at radius 2 is 1.89 bits per heavy atom. The molecule has 1 saturated heterocycles. The third-order valence-electron chi connectivity index (χ3n) is 6.97. The zero-order valence-electron chi connectivity index (χ0n) is 21.2. The van der Waals surface area contributed by atoms with Crippen LogP contribution in [0.4, 0.5) is 17.5 Å². The molecule has 9 heteroatoms. The van der Waals surface area contributed by atoms with Gasteiger partial charge in [0.15, 0.2) is 5.58 Å². The Balaban J connectivity index is 1.20. The van der Waals surface area contributed by atoms with Crippen LogP contribution in [-0.2, 0) is 18.2 Å². The summed E-state index contributed by atoms with van der Waals surface area (Å²) in [5, 5.41) is 4.19. The Labute approximate surface area is 215 Å². The standard InChI is InChI=1S/C28H31N7O2/c1-18-14-20(4-3-9-35-10-12-36-13-11-35)25-23(15-18)33-28(37-25)32-21-7-5-19(6-8-21)22-16-34(2)27-24(22)26(29)30-17-31-27/h5-8,14-17H,3-4,9-13H2,1-2H3,(H,32,33)(H2,29,30,31). The van der Waals surface area contributed by atoms with Gasteiger partial charge in [0, 0.05) is 37.6 Å². The Morgan fingerprint density at radius 3 is 2.70 bits per heavy atom. The largest absolute Gasteiger partial charge is 0.423 e. The SMILES string of the molecule is Cc1cc(CCCN2CCOCC2)c2oc(Nc3ccc(-c4cn(C)c5ncnc(N)c45)cc3)nc2c1. The van der Waals surface area contributed by atoms with E-state index in [9.17, 15) is 0 Å². The van der Waals surface area contributed by atoms with Gasteiger partial charge in [-0.15, -0.1) is 0 Å². The molecule has 5 aromatic rings. The van der Waals surface area contributed by atoms with Crippen LogP contribution in [0.2, 0.25) is 0 Å². The third-order valence-corrected chi connectivity index (χ3v) is 6.97. The van der Waals surface area contributed by atoms with Gasteiger partial charge in [-0.25, -0.2) is 9.97 Å². The van der Waals surface area contributed by atoms with Crippen molar-refractivity contribution in [3.05, 3.63) is 60.0 Å². The van der Waals surface area contributed by atoms with Gasteiger partial charge < -0.3 is 24.8 Å². The fraction of sp³-hybridized carbons (Fsp3) is 0.321. The molecule has 190 valence electrons. The summed E-state index contributed by atoms with van der Waals surface area (Å²) in [5.41, 5.74) is 14.0. The lowest BCUT2D eigenvalue weighted by Gasteiger charge is -2.26. The highest BCUT2D eigenvalue weighted by atomic mass is 16.5. The van der Waals surface area contributed by atoms with Crippen LogP contribution in [0.3, 0.4) is 0 Å². The second-order valence-electron chi connectivity index (χ2n) is 9.66. The van der Waals surface area contributed by atoms with Crippen LogP contribution in [0.5, 0.6) is 0 Å². The van der Waals surface area contributed by atoms with E-state index in [4.69, 9.17) is 19.9 Å². The summed E-state index contributed by atoms with van der Waals surface area (Å²) in [6.45, 7) is 6.86. The normalized spacial score (nSPS) is 14.5. The van der Waals surface area contributed by atoms with Crippen molar-refractivity contribution in [2.45, 2.75) is 19.8 Å². The molecule has 9 nitrogen and oxygen atoms in total. The number of anilines is 3. The molecule has 6 rings (SSSR count). The maximum atomic E-state index is 6.20. The van der Waals surface area contributed by atoms with Crippen molar-refractivity contribution in [3.8, 4) is 11.1 Å². The summed E-state index contributed by atoms with van der Waals surface area (Å²) in [4.78, 5) is 15.7. The summed E-state index contributed by atoms with van der Waals surface area (Å²) in [6.07, 6.45) is 5.55. The number of nitrogens with one attached hydrogen (secondary N) is 1. The third kappa shape index (κ3) is 4.75. The molecule has 0 saturated carbocycles. The molecule has 1 aliphatic rings. The van der Waals surface area contributed by atoms with Gasteiger partial charge in [-0.3, -0.25) is 4.90 Å². The molecule has 0 spiro atoms. The number of hydrogen-bond donors (Lipinski definition) is 2. The Morgan fingerprint density at radius 1 is 1.08 bits per heavy atom. The van der Waals surface area contributed by atoms with E-state index in [1.807, 2.05) is 42.1 Å². The number of oxazole rings is 1. The predicted molar refractivity (Wildman–Crippen MR) is 146 cm³/mol. The smallest absolute Gasteiger partial charge is 0.300 e. The Bertz CT molecular complexity index is 1550. The minimum Gasteiger partial charge on any atom is -0.423 e. The van der Waals surface area contributed by atoms with Crippen LogP contribution in [0, 0.1) is 6.92 Å². The Kier molecular flexibility index (Phi) is 6.23. The van der Waals surface area contributed by atoms with Gasteiger partial charge in [-0.1, -0.05) is 18.2 Å². The summed E-state index contributed by atoms with van der Waals surface area (Å²) in [6, 6.07) is 12.9. The molecule has 2 aromatic carbocycles. The van der Waals surface area contributed by atoms with Gasteiger partial charge >= 0.3 is 0 Å². The van der Waals surface area contributed by atoms with Crippen molar-refractivity contribution < 1.29 is 9.15 Å². The number of benzene rings is 2. The number of aromatic nitrogens is 4. The van der Waals surface area contributed by atoms with E-state index in [2.05, 4.69) is 39.2 Å². The van der Waals surface area contributed by atoms with Crippen molar-refractivity contribution >= 4 is 39.7 Å². The average molecular weight is 498 g/mol. The van der Waals surface area contributed by atoms with Gasteiger partial charge in [-0.2, -0.15) is 4.98 Å². The predicted octanol–water partition coefficient (Wildman–Crippen LogP) is 4.68. The van der Waals surface area contributed by atoms with E-state index in [0.717, 1.165) is 84.6 Å². The van der Waals surface area contributed by atoms with E-state index in [1.54, 1.807) is 0 Å². The number of fused-ring (bicyclic) bond motifs is 2. The number of morpholine rings is 1. The van der Waals surface area contributed by atoms with Crippen LogP contribution < -0.4 is 11.1 Å². The molecule has 37 heavy (non-hydrogen) atoms. The summed E-state index contributed by atoms with van der Waals surface area (Å²) in [7, 11) is 1.96. The molecular formula is C28H31N7O2. The first-order chi connectivity index (χ1) is 18.0. The van der Waals surface area contributed by atoms with Crippen LogP contribution in [0.1, 0.15) is 17.5 Å². The molecule has 0 unspecified atom stereocenters. The van der Waals surface area contributed by atoms with Gasteiger partial charge in [0.1, 0.15) is 23.3 Å². The summed E-state index contributed by atoms with van der Waals surface area (Å²) < 4.78 is 13.6. The maximum absolute atomic E-state index is 6.20. The highest BCUT2D eigenvalue weighted by Crippen LogP contribution is 2.33. The monoisotopic (exact) mass is 497 g/mol. The number of ether oxygens (including phenoxy) is 1. The lowest BCUT2D eigenvalue weighted by atomic mass is 10.1. The number of rotatable bonds is 7. The van der Waals surface area contributed by atoms with Gasteiger partial charge in [0.2, 0.25) is 0 Å². The lowest BCUT2D eigenvalue weighted by Crippen LogP contribution is -2.36. The average Bonchev–Trinajstić information content (AvgIpc) is 3.46. The van der Waals surface area contributed by atoms with E-state index < -0.39 is 0 Å². The quantitative estimate of drug-likeness (QED) is 0.334. The van der Waals surface area contributed by atoms with E-state index in [0.29, 0.717) is 11.8 Å². The molecule has 0 atom stereocenters. The molecule has 1 fully saturated rings. The van der Waals surface area contributed by atoms with Gasteiger partial charge in [0.05, 0.1) is 18.6 Å². The minimum atomic E-state index is 0.477. The molecule has 0 radical (unpaired) electrons. The first kappa shape index (κ1) is 23.4. The highest BCUT2D eigenvalue weighted by molar-refractivity contribution is 6.00. The fourth-order valence-corrected chi connectivity index (χ4v) is 5.12. The van der Waals surface area contributed by atoms with Crippen molar-refractivity contribution in [1.29, 1.82) is 0 Å². The van der Waals surface area contributed by atoms with E-state index >= 15 is 0 Å². The topological polar surface area (TPSA) is 107 Å². The molecule has 0 amide bonds. The number of nitrogen functional groups attached to an aromatic ring is 1. The van der Waals surface area contributed by atoms with Gasteiger partial charge in [-0.05, 0) is 61.2 Å². The maximum Gasteiger partial charge on any atom is 0.300 e. The molecule has 0 bridgehead atoms. The number of nitrogens with two attached hydrogens (primary N) is 1. The number of nitrogens with zero attached hydrogens (tertiary/aromatic N) is 5. The lowest BCUT2D eigenvalue weighted by molar-refractivity contribution is 0.0375. The van der Waals surface area contributed by atoms with Crippen molar-refractivity contribution in [2.75, 3.05) is 43.9 Å². The fourth-order valence-electron chi connectivity index (χ4n) is 5.12.